The number of nitrogens with one attached hydrogen (secondary N) is 1. The Morgan fingerprint density at radius 1 is 1.14 bits per heavy atom. The third kappa shape index (κ3) is 5.58. The highest BCUT2D eigenvalue weighted by atomic mass is 32.2. The Morgan fingerprint density at radius 3 is 2.17 bits per heavy atom. The molecular formula is C18H24N4O5S2. The van der Waals surface area contributed by atoms with Crippen LogP contribution in [0.25, 0.3) is 0 Å². The number of aliphatic imine (C=N–C) groups is 1. The summed E-state index contributed by atoms with van der Waals surface area (Å²) in [5, 5.41) is -1.17. The fourth-order valence-corrected chi connectivity index (χ4v) is 4.04. The summed E-state index contributed by atoms with van der Waals surface area (Å²) in [4.78, 5) is 12.5. The Labute approximate surface area is 176 Å². The molecule has 0 aliphatic rings. The summed E-state index contributed by atoms with van der Waals surface area (Å²) in [5.41, 5.74) is 1.16. The summed E-state index contributed by atoms with van der Waals surface area (Å²) in [5.74, 6) is 1.08. The van der Waals surface area contributed by atoms with Crippen molar-refractivity contribution in [2.24, 2.45) is 4.99 Å². The molecule has 0 bridgehead atoms. The molecule has 1 N–H and O–H groups in total. The van der Waals surface area contributed by atoms with E-state index in [0.29, 0.717) is 17.2 Å². The van der Waals surface area contributed by atoms with Gasteiger partial charge in [0.2, 0.25) is 10.0 Å². The highest BCUT2D eigenvalue weighted by Crippen LogP contribution is 2.37. The van der Waals surface area contributed by atoms with E-state index >= 15 is 0 Å². The number of ether oxygens (including phenoxy) is 3. The van der Waals surface area contributed by atoms with Crippen molar-refractivity contribution < 1.29 is 22.6 Å². The van der Waals surface area contributed by atoms with Gasteiger partial charge in [0.25, 0.3) is 0 Å². The Balaban J connectivity index is 2.30. The van der Waals surface area contributed by atoms with Gasteiger partial charge in [-0.2, -0.15) is 0 Å². The van der Waals surface area contributed by atoms with Crippen LogP contribution in [-0.2, 0) is 14.8 Å². The quantitative estimate of drug-likeness (QED) is 0.368. The molecule has 0 aliphatic carbocycles. The smallest absolute Gasteiger partial charge is 0.239 e. The van der Waals surface area contributed by atoms with Crippen LogP contribution >= 0.6 is 12.6 Å². The zero-order valence-electron chi connectivity index (χ0n) is 16.8. The van der Waals surface area contributed by atoms with E-state index in [9.17, 15) is 8.42 Å². The van der Waals surface area contributed by atoms with E-state index in [1.807, 2.05) is 6.92 Å². The molecule has 1 heterocycles. The van der Waals surface area contributed by atoms with Gasteiger partial charge in [-0.3, -0.25) is 4.72 Å². The SMILES string of the molecule is COc1cccc(OC)c1/N=C(/S)NS(=O)(=O)[C@@H](C)[C@H](OC)c1ncc(C)cn1. The Bertz CT molecular complexity index is 942. The number of methoxy groups -OCH3 is 3. The number of thiol groups is 1. The fraction of sp³-hybridized carbons (Fsp3) is 0.389. The van der Waals surface area contributed by atoms with Crippen LogP contribution in [-0.4, -0.2) is 50.1 Å². The molecule has 0 amide bonds. The van der Waals surface area contributed by atoms with Crippen molar-refractivity contribution >= 4 is 33.5 Å². The van der Waals surface area contributed by atoms with Crippen LogP contribution in [0.5, 0.6) is 11.5 Å². The van der Waals surface area contributed by atoms with E-state index in [1.165, 1.54) is 28.3 Å². The first-order chi connectivity index (χ1) is 13.7. The molecule has 1 aromatic heterocycles. The van der Waals surface area contributed by atoms with Crippen LogP contribution in [0.15, 0.2) is 35.6 Å². The molecule has 9 nitrogen and oxygen atoms in total. The van der Waals surface area contributed by atoms with Gasteiger partial charge in [0, 0.05) is 19.5 Å². The molecule has 11 heteroatoms. The number of aryl methyl sites for hydroxylation is 1. The van der Waals surface area contributed by atoms with E-state index in [0.717, 1.165) is 5.56 Å². The van der Waals surface area contributed by atoms with Gasteiger partial charge in [0.15, 0.2) is 11.0 Å². The van der Waals surface area contributed by atoms with Crippen molar-refractivity contribution in [3.05, 3.63) is 42.0 Å². The number of sulfonamides is 1. The second kappa shape index (κ2) is 9.90. The maximum atomic E-state index is 12.8. The summed E-state index contributed by atoms with van der Waals surface area (Å²) in [6.07, 6.45) is 2.32. The van der Waals surface area contributed by atoms with Crippen molar-refractivity contribution in [2.45, 2.75) is 25.2 Å². The molecule has 0 unspecified atom stereocenters. The van der Waals surface area contributed by atoms with Crippen molar-refractivity contribution in [3.63, 3.8) is 0 Å². The van der Waals surface area contributed by atoms with Crippen LogP contribution in [0.2, 0.25) is 0 Å². The van der Waals surface area contributed by atoms with E-state index in [-0.39, 0.29) is 11.0 Å². The summed E-state index contributed by atoms with van der Waals surface area (Å²) >= 11 is 4.18. The number of amidine groups is 1. The number of rotatable bonds is 8. The largest absolute Gasteiger partial charge is 0.494 e. The highest BCUT2D eigenvalue weighted by molar-refractivity contribution is 8.00. The Hall–Kier alpha value is -2.37. The van der Waals surface area contributed by atoms with Crippen LogP contribution < -0.4 is 14.2 Å². The Kier molecular flexibility index (Phi) is 7.82. The zero-order valence-corrected chi connectivity index (χ0v) is 18.5. The van der Waals surface area contributed by atoms with Crippen LogP contribution in [0.4, 0.5) is 5.69 Å². The molecular weight excluding hydrogens is 416 g/mol. The first-order valence-electron chi connectivity index (χ1n) is 8.55. The van der Waals surface area contributed by atoms with Crippen molar-refractivity contribution in [1.29, 1.82) is 0 Å². The first-order valence-corrected chi connectivity index (χ1v) is 10.5. The van der Waals surface area contributed by atoms with Gasteiger partial charge in [0.1, 0.15) is 28.5 Å². The summed E-state index contributed by atoms with van der Waals surface area (Å²) < 4.78 is 43.9. The number of nitrogens with zero attached hydrogens (tertiary/aromatic N) is 3. The molecule has 0 saturated heterocycles. The molecule has 2 rings (SSSR count). The molecule has 158 valence electrons. The van der Waals surface area contributed by atoms with Crippen molar-refractivity contribution in [2.75, 3.05) is 21.3 Å². The average Bonchev–Trinajstić information content (AvgIpc) is 2.69. The molecule has 0 aliphatic heterocycles. The van der Waals surface area contributed by atoms with Crippen LogP contribution in [0.3, 0.4) is 0 Å². The molecule has 0 radical (unpaired) electrons. The zero-order chi connectivity index (χ0) is 21.6. The standard InChI is InChI=1S/C18H24N4O5S2/c1-11-9-19-17(20-10-11)16(27-5)12(2)29(23,24)22-18(28)21-15-13(25-3)7-6-8-14(15)26-4/h6-10,12,16H,1-5H3,(H2,21,22,28)/t12-,16-/m0/s1. The van der Waals surface area contributed by atoms with Gasteiger partial charge < -0.3 is 14.2 Å². The van der Waals surface area contributed by atoms with Crippen molar-refractivity contribution in [3.8, 4) is 11.5 Å². The molecule has 1 aromatic carbocycles. The second-order valence-electron chi connectivity index (χ2n) is 6.07. The number of aromatic nitrogens is 2. The second-order valence-corrected chi connectivity index (χ2v) is 8.53. The Morgan fingerprint density at radius 2 is 1.69 bits per heavy atom. The number of hydrogen-bond acceptors (Lipinski definition) is 8. The van der Waals surface area contributed by atoms with E-state index in [2.05, 4.69) is 32.3 Å². The lowest BCUT2D eigenvalue weighted by Gasteiger charge is -2.22. The lowest BCUT2D eigenvalue weighted by Crippen LogP contribution is -2.39. The summed E-state index contributed by atoms with van der Waals surface area (Å²) in [6, 6.07) is 5.08. The van der Waals surface area contributed by atoms with Gasteiger partial charge in [-0.15, -0.1) is 12.6 Å². The third-order valence-electron chi connectivity index (χ3n) is 4.08. The topological polar surface area (TPSA) is 112 Å². The van der Waals surface area contributed by atoms with Gasteiger partial charge in [-0.05, 0) is 31.5 Å². The van der Waals surface area contributed by atoms with E-state index in [1.54, 1.807) is 30.6 Å². The average molecular weight is 441 g/mol. The minimum Gasteiger partial charge on any atom is -0.494 e. The fourth-order valence-electron chi connectivity index (χ4n) is 2.51. The number of para-hydroxylation sites is 1. The highest BCUT2D eigenvalue weighted by Gasteiger charge is 2.33. The van der Waals surface area contributed by atoms with Gasteiger partial charge in [0.05, 0.1) is 14.2 Å². The number of hydrogen-bond donors (Lipinski definition) is 2. The summed E-state index contributed by atoms with van der Waals surface area (Å²) in [7, 11) is 0.416. The lowest BCUT2D eigenvalue weighted by molar-refractivity contribution is 0.0947. The molecule has 2 atom stereocenters. The normalized spacial score (nSPS) is 14.2. The molecule has 0 fully saturated rings. The monoisotopic (exact) mass is 440 g/mol. The minimum atomic E-state index is -3.93. The third-order valence-corrected chi connectivity index (χ3v) is 6.15. The van der Waals surface area contributed by atoms with Crippen molar-refractivity contribution in [1.82, 2.24) is 14.7 Å². The predicted octanol–water partition coefficient (Wildman–Crippen LogP) is 2.42. The van der Waals surface area contributed by atoms with Gasteiger partial charge >= 0.3 is 0 Å². The van der Waals surface area contributed by atoms with Gasteiger partial charge in [-0.25, -0.2) is 23.4 Å². The van der Waals surface area contributed by atoms with Crippen LogP contribution in [0.1, 0.15) is 24.4 Å². The summed E-state index contributed by atoms with van der Waals surface area (Å²) in [6.45, 7) is 3.33. The number of benzene rings is 1. The molecule has 2 aromatic rings. The van der Waals surface area contributed by atoms with E-state index in [4.69, 9.17) is 14.2 Å². The minimum absolute atomic E-state index is 0.153. The maximum Gasteiger partial charge on any atom is 0.239 e. The molecule has 29 heavy (non-hydrogen) atoms. The van der Waals surface area contributed by atoms with E-state index < -0.39 is 21.4 Å². The first kappa shape index (κ1) is 22.9. The van der Waals surface area contributed by atoms with Crippen LogP contribution in [0, 0.1) is 6.92 Å². The maximum absolute atomic E-state index is 12.8. The van der Waals surface area contributed by atoms with Gasteiger partial charge in [-0.1, -0.05) is 6.07 Å². The molecule has 0 saturated carbocycles. The molecule has 0 spiro atoms. The predicted molar refractivity (Wildman–Crippen MR) is 114 cm³/mol. The lowest BCUT2D eigenvalue weighted by atomic mass is 10.2.